The highest BCUT2D eigenvalue weighted by molar-refractivity contribution is 6.04. The number of hydrogen-bond donors (Lipinski definition) is 1. The molecule has 0 aliphatic heterocycles. The Labute approximate surface area is 112 Å². The monoisotopic (exact) mass is 251 g/mol. The van der Waals surface area contributed by atoms with E-state index < -0.39 is 0 Å². The number of carbonyl (C=O) groups is 1. The third-order valence-electron chi connectivity index (χ3n) is 3.42. The van der Waals surface area contributed by atoms with Crippen molar-refractivity contribution < 1.29 is 4.79 Å². The summed E-state index contributed by atoms with van der Waals surface area (Å²) in [7, 11) is 0. The summed E-state index contributed by atoms with van der Waals surface area (Å²) in [6.07, 6.45) is 0.954. The first-order valence-corrected chi connectivity index (χ1v) is 6.41. The third kappa shape index (κ3) is 2.66. The van der Waals surface area contributed by atoms with Crippen molar-refractivity contribution in [3.63, 3.8) is 0 Å². The van der Waals surface area contributed by atoms with Gasteiger partial charge in [0.1, 0.15) is 0 Å². The van der Waals surface area contributed by atoms with Crippen LogP contribution < -0.4 is 5.32 Å². The Morgan fingerprint density at radius 1 is 1.05 bits per heavy atom. The van der Waals surface area contributed by atoms with E-state index in [1.54, 1.807) is 12.1 Å². The van der Waals surface area contributed by atoms with Crippen LogP contribution in [-0.4, -0.2) is 11.9 Å². The lowest BCUT2D eigenvalue weighted by Crippen LogP contribution is -2.11. The van der Waals surface area contributed by atoms with Crippen molar-refractivity contribution in [2.75, 3.05) is 5.32 Å². The van der Waals surface area contributed by atoms with Crippen LogP contribution in [0.25, 0.3) is 5.73 Å². The smallest absolute Gasteiger partial charge is 0.255 e. The number of amides is 1. The van der Waals surface area contributed by atoms with E-state index in [2.05, 4.69) is 5.32 Å². The first kappa shape index (κ1) is 11.9. The minimum atomic E-state index is -0.0989. The number of benzene rings is 2. The maximum absolute atomic E-state index is 12.0. The maximum Gasteiger partial charge on any atom is 0.255 e. The Hall–Kier alpha value is -2.13. The van der Waals surface area contributed by atoms with Gasteiger partial charge >= 0.3 is 0 Å². The number of nitrogens with one attached hydrogen (secondary N) is 2. The average Bonchev–Trinajstić information content (AvgIpc) is 3.18. The second kappa shape index (κ2) is 4.86. The van der Waals surface area contributed by atoms with Gasteiger partial charge in [-0.1, -0.05) is 36.8 Å². The van der Waals surface area contributed by atoms with Gasteiger partial charge in [-0.2, -0.15) is 0 Å². The highest BCUT2D eigenvalue weighted by Crippen LogP contribution is 2.42. The lowest BCUT2D eigenvalue weighted by molar-refractivity contribution is 0.102. The summed E-state index contributed by atoms with van der Waals surface area (Å²) in [5, 5.41) is 2.87. The van der Waals surface area contributed by atoms with Gasteiger partial charge in [0.2, 0.25) is 0 Å². The van der Waals surface area contributed by atoms with Crippen molar-refractivity contribution >= 4 is 11.6 Å². The summed E-state index contributed by atoms with van der Waals surface area (Å²) in [6.45, 7) is 0. The van der Waals surface area contributed by atoms with E-state index in [0.717, 1.165) is 12.1 Å². The van der Waals surface area contributed by atoms with E-state index in [4.69, 9.17) is 5.73 Å². The molecule has 96 valence electrons. The van der Waals surface area contributed by atoms with Crippen molar-refractivity contribution in [2.45, 2.75) is 18.4 Å². The fourth-order valence-corrected chi connectivity index (χ4v) is 2.17. The Kier molecular flexibility index (Phi) is 3.05. The number of carbonyl (C=O) groups excluding carboxylic acids is 1. The highest BCUT2D eigenvalue weighted by Gasteiger charge is 2.27. The third-order valence-corrected chi connectivity index (χ3v) is 3.42. The molecule has 1 unspecified atom stereocenters. The molecular formula is C16H15N2O-. The van der Waals surface area contributed by atoms with Gasteiger partial charge in [0, 0.05) is 11.3 Å². The van der Waals surface area contributed by atoms with Gasteiger partial charge in [0.15, 0.2) is 0 Å². The fraction of sp³-hybridized carbons (Fsp3) is 0.188. The zero-order valence-electron chi connectivity index (χ0n) is 10.5. The SMILES string of the molecule is [NH-]C1C[C@H]1c1ccc(NC(=O)c2ccccc2)cc1. The lowest BCUT2D eigenvalue weighted by atomic mass is 10.1. The van der Waals surface area contributed by atoms with E-state index >= 15 is 0 Å². The van der Waals surface area contributed by atoms with Crippen molar-refractivity contribution in [1.82, 2.24) is 0 Å². The molecule has 3 heteroatoms. The minimum Gasteiger partial charge on any atom is -0.674 e. The molecule has 2 aromatic rings. The first-order valence-electron chi connectivity index (χ1n) is 6.41. The molecule has 0 bridgehead atoms. The second-order valence-electron chi connectivity index (χ2n) is 4.89. The summed E-state index contributed by atoms with van der Waals surface area (Å²) in [6, 6.07) is 17.0. The molecule has 0 radical (unpaired) electrons. The Morgan fingerprint density at radius 2 is 1.68 bits per heavy atom. The Morgan fingerprint density at radius 3 is 2.26 bits per heavy atom. The number of hydrogen-bond acceptors (Lipinski definition) is 1. The van der Waals surface area contributed by atoms with Gasteiger partial charge in [-0.15, -0.1) is 6.04 Å². The Balaban J connectivity index is 1.68. The van der Waals surface area contributed by atoms with Crippen LogP contribution in [0.2, 0.25) is 0 Å². The molecule has 2 atom stereocenters. The first-order chi connectivity index (χ1) is 9.24. The largest absolute Gasteiger partial charge is 0.674 e. The van der Waals surface area contributed by atoms with Crippen LogP contribution in [0, 0.1) is 0 Å². The van der Waals surface area contributed by atoms with Gasteiger partial charge in [0.25, 0.3) is 5.91 Å². The van der Waals surface area contributed by atoms with Gasteiger partial charge < -0.3 is 11.1 Å². The molecule has 1 amide bonds. The highest BCUT2D eigenvalue weighted by atomic mass is 16.1. The molecule has 3 nitrogen and oxygen atoms in total. The standard InChI is InChI=1S/C16H15N2O/c17-15-10-14(15)11-6-8-13(9-7-11)18-16(19)12-4-2-1-3-5-12/h1-9,14-15,17H,10H2,(H,18,19)/q-1/t14-,15?/m0/s1. The topological polar surface area (TPSA) is 52.9 Å². The predicted molar refractivity (Wildman–Crippen MR) is 76.3 cm³/mol. The number of rotatable bonds is 3. The van der Waals surface area contributed by atoms with Crippen molar-refractivity contribution in [1.29, 1.82) is 0 Å². The maximum atomic E-state index is 12.0. The summed E-state index contributed by atoms with van der Waals surface area (Å²) < 4.78 is 0. The van der Waals surface area contributed by atoms with Crippen molar-refractivity contribution in [3.05, 3.63) is 71.5 Å². The van der Waals surface area contributed by atoms with E-state index in [0.29, 0.717) is 11.5 Å². The normalized spacial score (nSPS) is 20.9. The zero-order valence-corrected chi connectivity index (χ0v) is 10.5. The molecule has 19 heavy (non-hydrogen) atoms. The summed E-state index contributed by atoms with van der Waals surface area (Å²) in [5.74, 6) is 0.289. The summed E-state index contributed by atoms with van der Waals surface area (Å²) in [4.78, 5) is 12.0. The van der Waals surface area contributed by atoms with E-state index in [9.17, 15) is 4.79 Å². The van der Waals surface area contributed by atoms with Gasteiger partial charge in [-0.3, -0.25) is 4.79 Å². The fourth-order valence-electron chi connectivity index (χ4n) is 2.17. The number of anilines is 1. The molecule has 1 saturated carbocycles. The zero-order chi connectivity index (χ0) is 13.2. The van der Waals surface area contributed by atoms with Crippen LogP contribution in [0.1, 0.15) is 28.3 Å². The summed E-state index contributed by atoms with van der Waals surface area (Å²) >= 11 is 0. The van der Waals surface area contributed by atoms with Crippen LogP contribution in [0.4, 0.5) is 5.69 Å². The van der Waals surface area contributed by atoms with Crippen LogP contribution >= 0.6 is 0 Å². The van der Waals surface area contributed by atoms with Crippen LogP contribution in [-0.2, 0) is 0 Å². The molecule has 1 fully saturated rings. The molecule has 0 heterocycles. The van der Waals surface area contributed by atoms with E-state index in [-0.39, 0.29) is 11.9 Å². The van der Waals surface area contributed by atoms with Crippen LogP contribution in [0.5, 0.6) is 0 Å². The molecule has 1 aliphatic carbocycles. The van der Waals surface area contributed by atoms with Gasteiger partial charge in [-0.05, 0) is 35.7 Å². The molecule has 0 spiro atoms. The van der Waals surface area contributed by atoms with Gasteiger partial charge in [0.05, 0.1) is 0 Å². The molecule has 0 saturated heterocycles. The predicted octanol–water partition coefficient (Wildman–Crippen LogP) is 3.85. The molecule has 0 aromatic heterocycles. The van der Waals surface area contributed by atoms with E-state index in [1.165, 1.54) is 5.56 Å². The quantitative estimate of drug-likeness (QED) is 0.885. The lowest BCUT2D eigenvalue weighted by Gasteiger charge is -2.07. The summed E-state index contributed by atoms with van der Waals surface area (Å²) in [5.41, 5.74) is 10.2. The molecular weight excluding hydrogens is 236 g/mol. The van der Waals surface area contributed by atoms with Crippen LogP contribution in [0.15, 0.2) is 54.6 Å². The Bertz CT molecular complexity index is 577. The van der Waals surface area contributed by atoms with Crippen molar-refractivity contribution in [3.8, 4) is 0 Å². The minimum absolute atomic E-state index is 0.0600. The molecule has 1 aliphatic rings. The molecule has 2 N–H and O–H groups in total. The average molecular weight is 251 g/mol. The van der Waals surface area contributed by atoms with E-state index in [1.807, 2.05) is 42.5 Å². The van der Waals surface area contributed by atoms with Crippen LogP contribution in [0.3, 0.4) is 0 Å². The second-order valence-corrected chi connectivity index (χ2v) is 4.89. The molecule has 2 aromatic carbocycles. The molecule has 3 rings (SSSR count). The van der Waals surface area contributed by atoms with Gasteiger partial charge in [-0.25, -0.2) is 0 Å². The van der Waals surface area contributed by atoms with Crippen molar-refractivity contribution in [2.24, 2.45) is 0 Å².